The van der Waals surface area contributed by atoms with Crippen molar-refractivity contribution in [3.8, 4) is 0 Å². The third kappa shape index (κ3) is 4.45. The van der Waals surface area contributed by atoms with Crippen LogP contribution in [0.3, 0.4) is 0 Å². The third-order valence-electron chi connectivity index (χ3n) is 5.01. The van der Waals surface area contributed by atoms with Gasteiger partial charge in [0, 0.05) is 22.9 Å². The summed E-state index contributed by atoms with van der Waals surface area (Å²) in [7, 11) is 0. The topological polar surface area (TPSA) is 44.3 Å². The number of nitrogens with zero attached hydrogens (tertiary/aromatic N) is 3. The molecule has 1 atom stereocenters. The molecular weight excluding hydrogens is 427 g/mol. The number of hydrogen-bond donors (Lipinski definition) is 1. The van der Waals surface area contributed by atoms with Gasteiger partial charge in [-0.2, -0.15) is 5.10 Å². The summed E-state index contributed by atoms with van der Waals surface area (Å²) in [6.45, 7) is 2.16. The molecule has 0 radical (unpaired) electrons. The van der Waals surface area contributed by atoms with E-state index in [0.29, 0.717) is 21.6 Å². The quantitative estimate of drug-likeness (QED) is 0.439. The van der Waals surface area contributed by atoms with Crippen molar-refractivity contribution in [1.29, 1.82) is 0 Å². The molecule has 4 nitrogen and oxygen atoms in total. The Labute approximate surface area is 185 Å². The molecule has 1 aromatic heterocycles. The summed E-state index contributed by atoms with van der Waals surface area (Å²) in [6.07, 6.45) is 3.77. The van der Waals surface area contributed by atoms with Gasteiger partial charge in [0.25, 0.3) is 0 Å². The maximum Gasteiger partial charge on any atom is 0.152 e. The van der Waals surface area contributed by atoms with E-state index in [4.69, 9.17) is 39.9 Å². The number of hydrogen-bond acceptors (Lipinski definition) is 3. The highest BCUT2D eigenvalue weighted by molar-refractivity contribution is 6.31. The molecule has 0 spiro atoms. The van der Waals surface area contributed by atoms with Crippen LogP contribution >= 0.6 is 34.8 Å². The maximum atomic E-state index is 6.54. The van der Waals surface area contributed by atoms with Crippen molar-refractivity contribution in [3.05, 3.63) is 80.8 Å². The molecule has 150 valence electrons. The second-order valence-electron chi connectivity index (χ2n) is 7.09. The molecule has 0 amide bonds. The zero-order valence-electron chi connectivity index (χ0n) is 16.0. The van der Waals surface area contributed by atoms with E-state index >= 15 is 0 Å². The second-order valence-corrected chi connectivity index (χ2v) is 8.32. The van der Waals surface area contributed by atoms with Gasteiger partial charge in [-0.3, -0.25) is 5.01 Å². The predicted octanol–water partition coefficient (Wildman–Crippen LogP) is 7.07. The molecule has 2 aromatic carbocycles. The predicted molar refractivity (Wildman–Crippen MR) is 121 cm³/mol. The lowest BCUT2D eigenvalue weighted by Crippen LogP contribution is -2.19. The number of rotatable bonds is 6. The van der Waals surface area contributed by atoms with Crippen molar-refractivity contribution in [2.75, 3.05) is 5.01 Å². The van der Waals surface area contributed by atoms with Crippen LogP contribution in [0.25, 0.3) is 0 Å². The first-order chi connectivity index (χ1) is 14.0. The average molecular weight is 448 g/mol. The minimum atomic E-state index is -0.0720. The van der Waals surface area contributed by atoms with Gasteiger partial charge >= 0.3 is 0 Å². The van der Waals surface area contributed by atoms with Gasteiger partial charge in [0.05, 0.1) is 17.1 Å². The largest absolute Gasteiger partial charge is 0.343 e. The van der Waals surface area contributed by atoms with Crippen LogP contribution in [0.4, 0.5) is 5.69 Å². The van der Waals surface area contributed by atoms with Crippen LogP contribution in [-0.2, 0) is 6.42 Å². The van der Waals surface area contributed by atoms with Crippen LogP contribution < -0.4 is 5.01 Å². The molecular formula is C22H21Cl3N4. The van der Waals surface area contributed by atoms with Gasteiger partial charge in [0.1, 0.15) is 11.9 Å². The number of nitrogens with one attached hydrogen (secondary N) is 1. The number of aromatic amines is 1. The molecule has 4 rings (SSSR count). The normalized spacial score (nSPS) is 16.3. The molecule has 1 aliphatic heterocycles. The van der Waals surface area contributed by atoms with Crippen molar-refractivity contribution in [3.63, 3.8) is 0 Å². The number of hydrazone groups is 1. The van der Waals surface area contributed by atoms with Crippen LogP contribution in [0.1, 0.15) is 49.3 Å². The second kappa shape index (κ2) is 8.78. The Morgan fingerprint density at radius 3 is 2.31 bits per heavy atom. The van der Waals surface area contributed by atoms with Gasteiger partial charge in [-0.05, 0) is 48.4 Å². The molecule has 1 unspecified atom stereocenters. The minimum absolute atomic E-state index is 0.0720. The van der Waals surface area contributed by atoms with Crippen LogP contribution in [-0.4, -0.2) is 15.7 Å². The van der Waals surface area contributed by atoms with E-state index in [1.807, 2.05) is 53.5 Å². The van der Waals surface area contributed by atoms with Crippen LogP contribution in [0.15, 0.2) is 53.6 Å². The summed E-state index contributed by atoms with van der Waals surface area (Å²) in [5.41, 5.74) is 3.85. The van der Waals surface area contributed by atoms with E-state index in [1.54, 1.807) is 0 Å². The molecule has 3 aromatic rings. The Balaban J connectivity index is 1.71. The lowest BCUT2D eigenvalue weighted by molar-refractivity contribution is 0.684. The Kier molecular flexibility index (Phi) is 6.14. The maximum absolute atomic E-state index is 6.54. The fourth-order valence-corrected chi connectivity index (χ4v) is 4.01. The van der Waals surface area contributed by atoms with Crippen molar-refractivity contribution >= 4 is 46.2 Å². The number of anilines is 1. The van der Waals surface area contributed by atoms with E-state index in [9.17, 15) is 0 Å². The van der Waals surface area contributed by atoms with Crippen molar-refractivity contribution in [2.24, 2.45) is 5.10 Å². The Morgan fingerprint density at radius 1 is 1.00 bits per heavy atom. The first-order valence-corrected chi connectivity index (χ1v) is 10.8. The summed E-state index contributed by atoms with van der Waals surface area (Å²) in [6, 6.07) is 15.3. The summed E-state index contributed by atoms with van der Waals surface area (Å²) >= 11 is 18.7. The molecule has 29 heavy (non-hydrogen) atoms. The summed E-state index contributed by atoms with van der Waals surface area (Å²) < 4.78 is 0. The zero-order valence-corrected chi connectivity index (χ0v) is 18.3. The highest BCUT2D eigenvalue weighted by atomic mass is 35.5. The van der Waals surface area contributed by atoms with Gasteiger partial charge in [-0.1, -0.05) is 60.3 Å². The number of halogens is 3. The number of aromatic nitrogens is 2. The van der Waals surface area contributed by atoms with E-state index < -0.39 is 0 Å². The molecule has 0 saturated heterocycles. The van der Waals surface area contributed by atoms with E-state index in [0.717, 1.165) is 47.7 Å². The van der Waals surface area contributed by atoms with Crippen molar-refractivity contribution in [2.45, 2.75) is 38.6 Å². The molecule has 0 fully saturated rings. The van der Waals surface area contributed by atoms with Crippen molar-refractivity contribution in [1.82, 2.24) is 9.97 Å². The van der Waals surface area contributed by atoms with Crippen LogP contribution in [0, 0.1) is 0 Å². The zero-order chi connectivity index (χ0) is 20.4. The van der Waals surface area contributed by atoms with Gasteiger partial charge in [-0.25, -0.2) is 4.98 Å². The molecule has 2 heterocycles. The molecule has 0 saturated carbocycles. The lowest BCUT2D eigenvalue weighted by atomic mass is 10.0. The Morgan fingerprint density at radius 2 is 1.66 bits per heavy atom. The summed E-state index contributed by atoms with van der Waals surface area (Å²) in [4.78, 5) is 7.98. The van der Waals surface area contributed by atoms with Gasteiger partial charge in [0.2, 0.25) is 0 Å². The number of H-pyrrole nitrogens is 1. The monoisotopic (exact) mass is 446 g/mol. The minimum Gasteiger partial charge on any atom is -0.343 e. The average Bonchev–Trinajstić information content (AvgIpc) is 3.31. The number of unbranched alkanes of at least 4 members (excludes halogenated alkanes) is 1. The molecule has 1 N–H and O–H groups in total. The molecule has 0 bridgehead atoms. The van der Waals surface area contributed by atoms with E-state index in [-0.39, 0.29) is 6.04 Å². The number of aryl methyl sites for hydroxylation is 1. The third-order valence-corrected chi connectivity index (χ3v) is 5.81. The molecule has 0 aliphatic carbocycles. The summed E-state index contributed by atoms with van der Waals surface area (Å²) in [5.74, 6) is 0.919. The smallest absolute Gasteiger partial charge is 0.152 e. The molecule has 7 heteroatoms. The van der Waals surface area contributed by atoms with Gasteiger partial charge in [0.15, 0.2) is 5.15 Å². The van der Waals surface area contributed by atoms with E-state index in [1.165, 1.54) is 0 Å². The SMILES string of the molecule is CCCCc1nc(Cl)c(C2CC(c3ccc(Cl)cc3)=NN2c2ccc(Cl)cc2)[nH]1. The van der Waals surface area contributed by atoms with Crippen LogP contribution in [0.5, 0.6) is 0 Å². The number of imidazole rings is 1. The first kappa shape index (κ1) is 20.3. The van der Waals surface area contributed by atoms with Gasteiger partial charge < -0.3 is 4.98 Å². The highest BCUT2D eigenvalue weighted by Gasteiger charge is 2.33. The molecule has 1 aliphatic rings. The Hall–Kier alpha value is -2.01. The Bertz CT molecular complexity index is 1010. The highest BCUT2D eigenvalue weighted by Crippen LogP contribution is 2.39. The van der Waals surface area contributed by atoms with Crippen LogP contribution in [0.2, 0.25) is 15.2 Å². The fourth-order valence-electron chi connectivity index (χ4n) is 3.48. The lowest BCUT2D eigenvalue weighted by Gasteiger charge is -2.23. The van der Waals surface area contributed by atoms with E-state index in [2.05, 4.69) is 16.9 Å². The first-order valence-electron chi connectivity index (χ1n) is 9.67. The standard InChI is InChI=1S/C22H21Cl3N4/c1-2-3-4-20-26-21(22(25)27-20)19-13-18(14-5-7-15(23)8-6-14)28-29(19)17-11-9-16(24)10-12-17/h5-12,19H,2-4,13H2,1H3,(H,26,27). The van der Waals surface area contributed by atoms with Crippen molar-refractivity contribution < 1.29 is 0 Å². The summed E-state index contributed by atoms with van der Waals surface area (Å²) in [5, 5.41) is 8.80. The van der Waals surface area contributed by atoms with Gasteiger partial charge in [-0.15, -0.1) is 0 Å². The fraction of sp³-hybridized carbons (Fsp3) is 0.273. The number of benzene rings is 2.